The van der Waals surface area contributed by atoms with Gasteiger partial charge in [0.25, 0.3) is 0 Å². The van der Waals surface area contributed by atoms with Crippen LogP contribution in [0.3, 0.4) is 0 Å². The molecule has 0 bridgehead atoms. The van der Waals surface area contributed by atoms with E-state index in [0.29, 0.717) is 11.8 Å². The van der Waals surface area contributed by atoms with Crippen LogP contribution in [0, 0.1) is 17.3 Å². The molecule has 2 aliphatic rings. The number of fused-ring (bicyclic) bond motifs is 1. The molecule has 17 heavy (non-hydrogen) atoms. The molecule has 0 saturated carbocycles. The van der Waals surface area contributed by atoms with Crippen molar-refractivity contribution in [3.63, 3.8) is 0 Å². The van der Waals surface area contributed by atoms with Gasteiger partial charge in [-0.2, -0.15) is 0 Å². The third-order valence-corrected chi connectivity index (χ3v) is 4.67. The lowest BCUT2D eigenvalue weighted by atomic mass is 9.61. The first kappa shape index (κ1) is 12.8. The maximum Gasteiger partial charge on any atom is 0.0994 e. The van der Waals surface area contributed by atoms with Crippen LogP contribution < -0.4 is 0 Å². The molecule has 0 radical (unpaired) electrons. The second-order valence-electron chi connectivity index (χ2n) is 6.23. The number of hydrogen-bond acceptors (Lipinski definition) is 2. The van der Waals surface area contributed by atoms with Crippen molar-refractivity contribution in [2.75, 3.05) is 0 Å². The Hall–Kier alpha value is -0.600. The van der Waals surface area contributed by atoms with Crippen LogP contribution in [-0.4, -0.2) is 22.4 Å². The van der Waals surface area contributed by atoms with Crippen LogP contribution in [0.1, 0.15) is 40.5 Å². The van der Waals surface area contributed by atoms with Crippen LogP contribution >= 0.6 is 0 Å². The monoisotopic (exact) mass is 236 g/mol. The minimum absolute atomic E-state index is 0.260. The molecule has 0 amide bonds. The van der Waals surface area contributed by atoms with E-state index in [2.05, 4.69) is 26.8 Å². The maximum atomic E-state index is 10.2. The zero-order valence-electron chi connectivity index (χ0n) is 11.3. The van der Waals surface area contributed by atoms with E-state index in [-0.39, 0.29) is 5.41 Å². The summed E-state index contributed by atoms with van der Waals surface area (Å²) in [4.78, 5) is 0. The summed E-state index contributed by atoms with van der Waals surface area (Å²) in [7, 11) is 0. The van der Waals surface area contributed by atoms with Gasteiger partial charge in [-0.05, 0) is 42.7 Å². The summed E-state index contributed by atoms with van der Waals surface area (Å²) in [6.07, 6.45) is 4.81. The Kier molecular flexibility index (Phi) is 3.21. The van der Waals surface area contributed by atoms with Crippen molar-refractivity contribution in [1.82, 2.24) is 0 Å². The minimum Gasteiger partial charge on any atom is -0.389 e. The van der Waals surface area contributed by atoms with Crippen molar-refractivity contribution in [3.8, 4) is 0 Å². The molecule has 0 aliphatic heterocycles. The quantitative estimate of drug-likeness (QED) is 0.735. The van der Waals surface area contributed by atoms with Crippen molar-refractivity contribution in [2.24, 2.45) is 17.3 Å². The molecule has 2 rings (SSSR count). The highest BCUT2D eigenvalue weighted by atomic mass is 16.3. The van der Waals surface area contributed by atoms with Gasteiger partial charge in [0.2, 0.25) is 0 Å². The third-order valence-electron chi connectivity index (χ3n) is 4.67. The van der Waals surface area contributed by atoms with E-state index in [1.165, 1.54) is 5.57 Å². The zero-order chi connectivity index (χ0) is 12.8. The van der Waals surface area contributed by atoms with E-state index in [1.54, 1.807) is 6.08 Å². The molecule has 0 aromatic rings. The van der Waals surface area contributed by atoms with Gasteiger partial charge in [-0.25, -0.2) is 0 Å². The number of aliphatic hydroxyl groups excluding tert-OH is 2. The molecular formula is C15H24O2. The molecule has 0 unspecified atom stereocenters. The SMILES string of the molecule is CC1=C[C@@H](O)[C@H](O)[C@@]2(C)CC[C@@H](C(C)C)C=C12. The summed E-state index contributed by atoms with van der Waals surface area (Å²) >= 11 is 0. The van der Waals surface area contributed by atoms with Gasteiger partial charge in [-0.1, -0.05) is 32.9 Å². The molecule has 0 fully saturated rings. The summed E-state index contributed by atoms with van der Waals surface area (Å²) < 4.78 is 0. The first-order valence-electron chi connectivity index (χ1n) is 6.63. The first-order valence-corrected chi connectivity index (χ1v) is 6.63. The predicted octanol–water partition coefficient (Wildman–Crippen LogP) is 2.67. The molecule has 2 nitrogen and oxygen atoms in total. The van der Waals surface area contributed by atoms with Crippen molar-refractivity contribution in [3.05, 3.63) is 23.3 Å². The van der Waals surface area contributed by atoms with Gasteiger partial charge in [0.05, 0.1) is 12.2 Å². The molecule has 0 saturated heterocycles. The smallest absolute Gasteiger partial charge is 0.0994 e. The molecule has 0 aromatic heterocycles. The molecule has 2 N–H and O–H groups in total. The fourth-order valence-corrected chi connectivity index (χ4v) is 3.32. The Morgan fingerprint density at radius 2 is 1.94 bits per heavy atom. The average molecular weight is 236 g/mol. The van der Waals surface area contributed by atoms with E-state index in [4.69, 9.17) is 0 Å². The van der Waals surface area contributed by atoms with Gasteiger partial charge in [0.15, 0.2) is 0 Å². The molecule has 0 spiro atoms. The number of rotatable bonds is 1. The van der Waals surface area contributed by atoms with Crippen molar-refractivity contribution >= 4 is 0 Å². The van der Waals surface area contributed by atoms with Crippen molar-refractivity contribution < 1.29 is 10.2 Å². The van der Waals surface area contributed by atoms with Gasteiger partial charge >= 0.3 is 0 Å². The molecular weight excluding hydrogens is 212 g/mol. The summed E-state index contributed by atoms with van der Waals surface area (Å²) in [6, 6.07) is 0. The lowest BCUT2D eigenvalue weighted by Gasteiger charge is -2.46. The van der Waals surface area contributed by atoms with Gasteiger partial charge in [0.1, 0.15) is 0 Å². The van der Waals surface area contributed by atoms with E-state index in [9.17, 15) is 10.2 Å². The van der Waals surface area contributed by atoms with Gasteiger partial charge < -0.3 is 10.2 Å². The van der Waals surface area contributed by atoms with Crippen LogP contribution in [-0.2, 0) is 0 Å². The third kappa shape index (κ3) is 1.98. The second-order valence-corrected chi connectivity index (χ2v) is 6.23. The standard InChI is InChI=1S/C15H24O2/c1-9(2)11-5-6-15(4)12(8-11)10(3)7-13(16)14(15)17/h7-9,11,13-14,16-17H,5-6H2,1-4H3/t11-,13-,14+,15+/m1/s1. The minimum atomic E-state index is -0.715. The van der Waals surface area contributed by atoms with Crippen LogP contribution in [0.15, 0.2) is 23.3 Å². The fourth-order valence-electron chi connectivity index (χ4n) is 3.32. The lowest BCUT2D eigenvalue weighted by Crippen LogP contribution is -2.47. The number of allylic oxidation sites excluding steroid dienone is 2. The predicted molar refractivity (Wildman–Crippen MR) is 69.5 cm³/mol. The summed E-state index contributed by atoms with van der Waals surface area (Å²) in [5, 5.41) is 20.1. The van der Waals surface area contributed by atoms with Gasteiger partial charge in [0, 0.05) is 5.41 Å². The Balaban J connectivity index is 2.43. The molecule has 0 heterocycles. The second kappa shape index (κ2) is 4.25. The number of hydrogen-bond donors (Lipinski definition) is 2. The molecule has 4 atom stereocenters. The molecule has 2 heteroatoms. The Morgan fingerprint density at radius 1 is 1.29 bits per heavy atom. The van der Waals surface area contributed by atoms with E-state index >= 15 is 0 Å². The highest BCUT2D eigenvalue weighted by molar-refractivity contribution is 5.42. The van der Waals surface area contributed by atoms with Gasteiger partial charge in [-0.15, -0.1) is 0 Å². The van der Waals surface area contributed by atoms with Crippen LogP contribution in [0.25, 0.3) is 0 Å². The normalized spacial score (nSPS) is 41.9. The van der Waals surface area contributed by atoms with Crippen LogP contribution in [0.2, 0.25) is 0 Å². The Morgan fingerprint density at radius 3 is 2.53 bits per heavy atom. The van der Waals surface area contributed by atoms with Crippen LogP contribution in [0.4, 0.5) is 0 Å². The largest absolute Gasteiger partial charge is 0.389 e. The molecule has 2 aliphatic carbocycles. The highest BCUT2D eigenvalue weighted by Gasteiger charge is 2.45. The van der Waals surface area contributed by atoms with E-state index in [1.807, 2.05) is 6.92 Å². The number of aliphatic hydroxyl groups is 2. The fraction of sp³-hybridized carbons (Fsp3) is 0.733. The molecule has 0 aromatic carbocycles. The van der Waals surface area contributed by atoms with Crippen LogP contribution in [0.5, 0.6) is 0 Å². The topological polar surface area (TPSA) is 40.5 Å². The first-order chi connectivity index (χ1) is 7.86. The molecule has 96 valence electrons. The summed E-state index contributed by atoms with van der Waals surface area (Å²) in [5.74, 6) is 1.24. The summed E-state index contributed by atoms with van der Waals surface area (Å²) in [6.45, 7) is 8.62. The average Bonchev–Trinajstić information content (AvgIpc) is 2.26. The lowest BCUT2D eigenvalue weighted by molar-refractivity contribution is -0.0357. The van der Waals surface area contributed by atoms with Gasteiger partial charge in [-0.3, -0.25) is 0 Å². The van der Waals surface area contributed by atoms with Crippen molar-refractivity contribution in [1.29, 1.82) is 0 Å². The zero-order valence-corrected chi connectivity index (χ0v) is 11.3. The summed E-state index contributed by atoms with van der Waals surface area (Å²) in [5.41, 5.74) is 2.12. The highest BCUT2D eigenvalue weighted by Crippen LogP contribution is 2.49. The van der Waals surface area contributed by atoms with E-state index < -0.39 is 12.2 Å². The Bertz CT molecular complexity index is 367. The van der Waals surface area contributed by atoms with Crippen molar-refractivity contribution in [2.45, 2.75) is 52.7 Å². The Labute approximate surface area is 104 Å². The van der Waals surface area contributed by atoms with E-state index in [0.717, 1.165) is 18.4 Å². The maximum absolute atomic E-state index is 10.2.